The maximum Gasteiger partial charge on any atom is 0.0956 e. The van der Waals surface area contributed by atoms with Crippen LogP contribution in [0.4, 0.5) is 5.69 Å². The highest BCUT2D eigenvalue weighted by molar-refractivity contribution is 5.55. The molecule has 15 heavy (non-hydrogen) atoms. The van der Waals surface area contributed by atoms with E-state index in [9.17, 15) is 0 Å². The van der Waals surface area contributed by atoms with Crippen molar-refractivity contribution < 1.29 is 0 Å². The topological polar surface area (TPSA) is 62.1 Å². The summed E-state index contributed by atoms with van der Waals surface area (Å²) in [6.45, 7) is 2.12. The number of nitrogens with one attached hydrogen (secondary N) is 3. The van der Waals surface area contributed by atoms with Gasteiger partial charge in [0.1, 0.15) is 0 Å². The average Bonchev–Trinajstić information content (AvgIpc) is 2.57. The second kappa shape index (κ2) is 3.20. The van der Waals surface area contributed by atoms with Crippen molar-refractivity contribution in [1.29, 1.82) is 0 Å². The van der Waals surface area contributed by atoms with Crippen molar-refractivity contribution in [2.24, 2.45) is 11.7 Å². The Morgan fingerprint density at radius 1 is 1.33 bits per heavy atom. The molecule has 4 nitrogen and oxygen atoms in total. The number of nitrogens with two attached hydrogens (primary N) is 1. The molecule has 1 aromatic rings. The van der Waals surface area contributed by atoms with Crippen molar-refractivity contribution in [3.05, 3.63) is 29.3 Å². The number of aryl methyl sites for hydroxylation is 1. The Morgan fingerprint density at radius 2 is 2.20 bits per heavy atom. The highest BCUT2D eigenvalue weighted by Crippen LogP contribution is 2.30. The normalized spacial score (nSPS) is 33.1. The largest absolute Gasteiger partial charge is 0.368 e. The molecule has 1 fully saturated rings. The summed E-state index contributed by atoms with van der Waals surface area (Å²) in [6.07, 6.45) is 1.34. The van der Waals surface area contributed by atoms with E-state index in [1.54, 1.807) is 0 Å². The SMILES string of the molecule is Cc1ccc2c(c1)CC1C(N)NNC1N2. The first-order chi connectivity index (χ1) is 7.24. The predicted octanol–water partition coefficient (Wildman–Crippen LogP) is 0.298. The Hall–Kier alpha value is -1.10. The second-order valence-electron chi connectivity index (χ2n) is 4.47. The van der Waals surface area contributed by atoms with Crippen LogP contribution in [0.3, 0.4) is 0 Å². The van der Waals surface area contributed by atoms with Crippen molar-refractivity contribution in [2.75, 3.05) is 5.32 Å². The number of hydrazine groups is 1. The fourth-order valence-electron chi connectivity index (χ4n) is 2.45. The third-order valence-electron chi connectivity index (χ3n) is 3.32. The van der Waals surface area contributed by atoms with Gasteiger partial charge >= 0.3 is 0 Å². The minimum Gasteiger partial charge on any atom is -0.368 e. The van der Waals surface area contributed by atoms with Gasteiger partial charge in [-0.3, -0.25) is 0 Å². The van der Waals surface area contributed by atoms with Crippen LogP contribution in [0.1, 0.15) is 11.1 Å². The summed E-state index contributed by atoms with van der Waals surface area (Å²) in [4.78, 5) is 0. The van der Waals surface area contributed by atoms with E-state index in [2.05, 4.69) is 41.3 Å². The first-order valence-corrected chi connectivity index (χ1v) is 5.37. The molecule has 2 aliphatic rings. The van der Waals surface area contributed by atoms with Crippen molar-refractivity contribution >= 4 is 5.69 Å². The smallest absolute Gasteiger partial charge is 0.0956 e. The highest BCUT2D eigenvalue weighted by atomic mass is 15.5. The Kier molecular flexibility index (Phi) is 1.95. The van der Waals surface area contributed by atoms with Crippen molar-refractivity contribution in [3.8, 4) is 0 Å². The summed E-state index contributed by atoms with van der Waals surface area (Å²) < 4.78 is 0. The lowest BCUT2D eigenvalue weighted by Gasteiger charge is -2.30. The molecule has 1 saturated heterocycles. The van der Waals surface area contributed by atoms with Crippen LogP contribution in [0.5, 0.6) is 0 Å². The molecule has 0 bridgehead atoms. The first-order valence-electron chi connectivity index (χ1n) is 5.37. The number of anilines is 1. The van der Waals surface area contributed by atoms with Gasteiger partial charge < -0.3 is 11.1 Å². The summed E-state index contributed by atoms with van der Waals surface area (Å²) >= 11 is 0. The Balaban J connectivity index is 1.96. The molecule has 3 rings (SSSR count). The van der Waals surface area contributed by atoms with E-state index >= 15 is 0 Å². The molecule has 0 spiro atoms. The zero-order valence-corrected chi connectivity index (χ0v) is 8.75. The van der Waals surface area contributed by atoms with Crippen LogP contribution in [-0.4, -0.2) is 12.3 Å². The molecular formula is C11H16N4. The highest BCUT2D eigenvalue weighted by Gasteiger charge is 2.37. The molecule has 0 aliphatic carbocycles. The minimum absolute atomic E-state index is 0.0381. The van der Waals surface area contributed by atoms with Crippen LogP contribution in [-0.2, 0) is 6.42 Å². The summed E-state index contributed by atoms with van der Waals surface area (Å²) in [5.41, 5.74) is 16.1. The summed E-state index contributed by atoms with van der Waals surface area (Å²) in [5.74, 6) is 0.430. The van der Waals surface area contributed by atoms with Crippen molar-refractivity contribution in [2.45, 2.75) is 25.7 Å². The van der Waals surface area contributed by atoms with E-state index in [1.807, 2.05) is 0 Å². The van der Waals surface area contributed by atoms with E-state index in [4.69, 9.17) is 5.73 Å². The van der Waals surface area contributed by atoms with E-state index in [1.165, 1.54) is 16.8 Å². The molecule has 80 valence electrons. The number of fused-ring (bicyclic) bond motifs is 2. The first kappa shape index (κ1) is 9.15. The number of hydrogen-bond donors (Lipinski definition) is 4. The van der Waals surface area contributed by atoms with Crippen LogP contribution in [0.15, 0.2) is 18.2 Å². The molecule has 0 saturated carbocycles. The Bertz CT molecular complexity index is 390. The molecule has 1 aromatic carbocycles. The predicted molar refractivity (Wildman–Crippen MR) is 60.0 cm³/mol. The van der Waals surface area contributed by atoms with E-state index in [-0.39, 0.29) is 12.3 Å². The molecule has 4 heteroatoms. The molecule has 2 heterocycles. The van der Waals surface area contributed by atoms with Crippen LogP contribution < -0.4 is 21.9 Å². The minimum atomic E-state index is 0.0381. The fourth-order valence-corrected chi connectivity index (χ4v) is 2.45. The van der Waals surface area contributed by atoms with Gasteiger partial charge in [0.15, 0.2) is 0 Å². The molecule has 3 unspecified atom stereocenters. The summed E-state index contributed by atoms with van der Waals surface area (Å²) in [7, 11) is 0. The molecule has 0 radical (unpaired) electrons. The molecule has 0 amide bonds. The molecule has 2 aliphatic heterocycles. The van der Waals surface area contributed by atoms with Gasteiger partial charge in [-0.1, -0.05) is 17.7 Å². The van der Waals surface area contributed by atoms with Gasteiger partial charge in [0.2, 0.25) is 0 Å². The van der Waals surface area contributed by atoms with Crippen LogP contribution in [0.2, 0.25) is 0 Å². The molecule has 5 N–H and O–H groups in total. The number of rotatable bonds is 0. The van der Waals surface area contributed by atoms with Gasteiger partial charge in [0, 0.05) is 11.6 Å². The van der Waals surface area contributed by atoms with Crippen molar-refractivity contribution in [3.63, 3.8) is 0 Å². The maximum absolute atomic E-state index is 5.97. The van der Waals surface area contributed by atoms with E-state index < -0.39 is 0 Å². The zero-order valence-electron chi connectivity index (χ0n) is 8.75. The fraction of sp³-hybridized carbons (Fsp3) is 0.455. The second-order valence-corrected chi connectivity index (χ2v) is 4.47. The van der Waals surface area contributed by atoms with Crippen LogP contribution in [0.25, 0.3) is 0 Å². The molecular weight excluding hydrogens is 188 g/mol. The standard InChI is InChI=1S/C11H16N4/c1-6-2-3-9-7(4-6)5-8-10(12)14-15-11(8)13-9/h2-4,8,10-11,13-15H,5,12H2,1H3. The maximum atomic E-state index is 5.97. The summed E-state index contributed by atoms with van der Waals surface area (Å²) in [6, 6.07) is 6.52. The Morgan fingerprint density at radius 3 is 3.07 bits per heavy atom. The van der Waals surface area contributed by atoms with E-state index in [0.717, 1.165) is 6.42 Å². The van der Waals surface area contributed by atoms with Gasteiger partial charge in [0.25, 0.3) is 0 Å². The van der Waals surface area contributed by atoms with Gasteiger partial charge in [0.05, 0.1) is 12.3 Å². The number of hydrogen-bond acceptors (Lipinski definition) is 4. The summed E-state index contributed by atoms with van der Waals surface area (Å²) in [5, 5.41) is 3.46. The third kappa shape index (κ3) is 1.42. The number of benzene rings is 1. The Labute approximate surface area is 89.2 Å². The quantitative estimate of drug-likeness (QED) is 0.491. The average molecular weight is 204 g/mol. The molecule has 0 aromatic heterocycles. The lowest BCUT2D eigenvalue weighted by molar-refractivity contribution is 0.425. The van der Waals surface area contributed by atoms with Crippen LogP contribution >= 0.6 is 0 Å². The molecule has 3 atom stereocenters. The lowest BCUT2D eigenvalue weighted by Crippen LogP contribution is -2.42. The van der Waals surface area contributed by atoms with Gasteiger partial charge in [-0.25, -0.2) is 10.9 Å². The lowest BCUT2D eigenvalue weighted by atomic mass is 9.90. The zero-order chi connectivity index (χ0) is 10.4. The van der Waals surface area contributed by atoms with Crippen LogP contribution in [0, 0.1) is 12.8 Å². The van der Waals surface area contributed by atoms with Gasteiger partial charge in [-0.2, -0.15) is 0 Å². The van der Waals surface area contributed by atoms with Gasteiger partial charge in [-0.15, -0.1) is 0 Å². The van der Waals surface area contributed by atoms with Gasteiger partial charge in [-0.05, 0) is 25.0 Å². The monoisotopic (exact) mass is 204 g/mol. The third-order valence-corrected chi connectivity index (χ3v) is 3.32. The van der Waals surface area contributed by atoms with Crippen molar-refractivity contribution in [1.82, 2.24) is 10.9 Å². The van der Waals surface area contributed by atoms with E-state index in [0.29, 0.717) is 5.92 Å².